The van der Waals surface area contributed by atoms with Gasteiger partial charge in [-0.2, -0.15) is 0 Å². The van der Waals surface area contributed by atoms with Gasteiger partial charge in [-0.15, -0.1) is 0 Å². The number of para-hydroxylation sites is 2. The predicted molar refractivity (Wildman–Crippen MR) is 86.5 cm³/mol. The number of benzene rings is 1. The Balaban J connectivity index is 1.84. The summed E-state index contributed by atoms with van der Waals surface area (Å²) >= 11 is 0. The third-order valence-electron chi connectivity index (χ3n) is 3.84. The standard InChI is InChI=1S/C16H14N6O/c1-21-8-9-22(16(23)13-10-17-6-7-18-13)15-14(21)19-11-4-2-3-5-12(11)20-15/h2-7,10H,8-9H2,1H3. The quantitative estimate of drug-likeness (QED) is 0.678. The van der Waals surface area contributed by atoms with Gasteiger partial charge >= 0.3 is 0 Å². The Labute approximate surface area is 132 Å². The van der Waals surface area contributed by atoms with E-state index in [4.69, 9.17) is 0 Å². The molecule has 0 saturated carbocycles. The van der Waals surface area contributed by atoms with Crippen molar-refractivity contribution in [3.8, 4) is 0 Å². The molecule has 0 aliphatic carbocycles. The van der Waals surface area contributed by atoms with E-state index in [2.05, 4.69) is 19.9 Å². The van der Waals surface area contributed by atoms with Crippen molar-refractivity contribution in [3.05, 3.63) is 48.5 Å². The molecule has 7 nitrogen and oxygen atoms in total. The van der Waals surface area contributed by atoms with Gasteiger partial charge in [0.05, 0.1) is 17.2 Å². The molecular weight excluding hydrogens is 292 g/mol. The van der Waals surface area contributed by atoms with Crippen LogP contribution in [0.2, 0.25) is 0 Å². The molecular formula is C16H14N6O. The Hall–Kier alpha value is -3.09. The second kappa shape index (κ2) is 5.28. The molecule has 4 rings (SSSR count). The zero-order valence-corrected chi connectivity index (χ0v) is 12.5. The summed E-state index contributed by atoms with van der Waals surface area (Å²) < 4.78 is 0. The van der Waals surface area contributed by atoms with E-state index in [-0.39, 0.29) is 5.91 Å². The first-order valence-electron chi connectivity index (χ1n) is 7.30. The Morgan fingerprint density at radius 3 is 2.48 bits per heavy atom. The summed E-state index contributed by atoms with van der Waals surface area (Å²) in [5.74, 6) is 1.05. The van der Waals surface area contributed by atoms with E-state index in [0.29, 0.717) is 30.4 Å². The normalized spacial score (nSPS) is 14.0. The first-order valence-corrected chi connectivity index (χ1v) is 7.30. The monoisotopic (exact) mass is 306 g/mol. The van der Waals surface area contributed by atoms with E-state index in [9.17, 15) is 4.79 Å². The Morgan fingerprint density at radius 1 is 1.04 bits per heavy atom. The van der Waals surface area contributed by atoms with Crippen LogP contribution in [0, 0.1) is 0 Å². The molecule has 3 heterocycles. The van der Waals surface area contributed by atoms with Crippen LogP contribution >= 0.6 is 0 Å². The number of likely N-dealkylation sites (N-methyl/N-ethyl adjacent to an activating group) is 1. The highest BCUT2D eigenvalue weighted by Crippen LogP contribution is 2.31. The van der Waals surface area contributed by atoms with Crippen molar-refractivity contribution in [2.24, 2.45) is 0 Å². The molecule has 1 amide bonds. The molecule has 3 aromatic rings. The summed E-state index contributed by atoms with van der Waals surface area (Å²) in [4.78, 5) is 33.7. The molecule has 0 saturated heterocycles. The van der Waals surface area contributed by atoms with Gasteiger partial charge in [-0.3, -0.25) is 14.7 Å². The lowest BCUT2D eigenvalue weighted by Crippen LogP contribution is -2.44. The molecule has 0 fully saturated rings. The topological polar surface area (TPSA) is 75.1 Å². The van der Waals surface area contributed by atoms with Crippen LogP contribution in [-0.4, -0.2) is 46.0 Å². The summed E-state index contributed by atoms with van der Waals surface area (Å²) in [6, 6.07) is 7.64. The molecule has 1 aliphatic heterocycles. The molecule has 0 bridgehead atoms. The molecule has 0 N–H and O–H groups in total. The molecule has 0 spiro atoms. The number of aromatic nitrogens is 4. The molecule has 114 valence electrons. The van der Waals surface area contributed by atoms with Gasteiger partial charge < -0.3 is 4.90 Å². The van der Waals surface area contributed by atoms with E-state index < -0.39 is 0 Å². The summed E-state index contributed by atoms with van der Waals surface area (Å²) in [6.45, 7) is 1.22. The van der Waals surface area contributed by atoms with Gasteiger partial charge in [-0.05, 0) is 12.1 Å². The zero-order valence-electron chi connectivity index (χ0n) is 12.5. The van der Waals surface area contributed by atoms with E-state index in [1.54, 1.807) is 11.1 Å². The number of fused-ring (bicyclic) bond motifs is 2. The second-order valence-corrected chi connectivity index (χ2v) is 5.33. The van der Waals surface area contributed by atoms with Crippen molar-refractivity contribution in [2.45, 2.75) is 0 Å². The summed E-state index contributed by atoms with van der Waals surface area (Å²) in [5.41, 5.74) is 1.88. The van der Waals surface area contributed by atoms with Crippen LogP contribution in [0.5, 0.6) is 0 Å². The van der Waals surface area contributed by atoms with Crippen LogP contribution in [0.3, 0.4) is 0 Å². The molecule has 7 heteroatoms. The lowest BCUT2D eigenvalue weighted by Gasteiger charge is -2.33. The Kier molecular flexibility index (Phi) is 3.11. The van der Waals surface area contributed by atoms with Crippen LogP contribution in [0.15, 0.2) is 42.9 Å². The van der Waals surface area contributed by atoms with Gasteiger partial charge in [0.2, 0.25) is 0 Å². The molecule has 0 unspecified atom stereocenters. The van der Waals surface area contributed by atoms with Crippen LogP contribution in [0.25, 0.3) is 11.0 Å². The minimum Gasteiger partial charge on any atom is -0.355 e. The first kappa shape index (κ1) is 13.6. The van der Waals surface area contributed by atoms with Crippen LogP contribution in [0.4, 0.5) is 11.6 Å². The summed E-state index contributed by atoms with van der Waals surface area (Å²) in [6.07, 6.45) is 4.52. The fraction of sp³-hybridized carbons (Fsp3) is 0.188. The second-order valence-electron chi connectivity index (χ2n) is 5.33. The van der Waals surface area contributed by atoms with Gasteiger partial charge in [0.15, 0.2) is 11.6 Å². The average molecular weight is 306 g/mol. The maximum atomic E-state index is 12.7. The lowest BCUT2D eigenvalue weighted by molar-refractivity contribution is 0.0980. The first-order chi connectivity index (χ1) is 11.2. The summed E-state index contributed by atoms with van der Waals surface area (Å²) in [7, 11) is 1.95. The number of anilines is 2. The molecule has 2 aromatic heterocycles. The number of amides is 1. The van der Waals surface area contributed by atoms with E-state index in [1.807, 2.05) is 36.2 Å². The number of carbonyl (C=O) groups excluding carboxylic acids is 1. The van der Waals surface area contributed by atoms with E-state index in [1.165, 1.54) is 12.4 Å². The SMILES string of the molecule is CN1CCN(C(=O)c2cnccn2)c2nc3ccccc3nc21. The molecule has 23 heavy (non-hydrogen) atoms. The highest BCUT2D eigenvalue weighted by molar-refractivity contribution is 6.06. The van der Waals surface area contributed by atoms with Crippen molar-refractivity contribution < 1.29 is 4.79 Å². The van der Waals surface area contributed by atoms with Crippen molar-refractivity contribution in [2.75, 3.05) is 29.9 Å². The maximum Gasteiger partial charge on any atom is 0.279 e. The maximum absolute atomic E-state index is 12.7. The third-order valence-corrected chi connectivity index (χ3v) is 3.84. The number of nitrogens with zero attached hydrogens (tertiary/aromatic N) is 6. The van der Waals surface area contributed by atoms with E-state index >= 15 is 0 Å². The van der Waals surface area contributed by atoms with Gasteiger partial charge in [0.25, 0.3) is 5.91 Å². The van der Waals surface area contributed by atoms with Crippen molar-refractivity contribution in [1.29, 1.82) is 0 Å². The number of carbonyl (C=O) groups is 1. The predicted octanol–water partition coefficient (Wildman–Crippen LogP) is 1.52. The van der Waals surface area contributed by atoms with Crippen molar-refractivity contribution in [3.63, 3.8) is 0 Å². The average Bonchev–Trinajstić information content (AvgIpc) is 2.61. The number of hydrogen-bond acceptors (Lipinski definition) is 6. The van der Waals surface area contributed by atoms with Crippen LogP contribution < -0.4 is 9.80 Å². The molecule has 0 radical (unpaired) electrons. The number of rotatable bonds is 1. The lowest BCUT2D eigenvalue weighted by atomic mass is 10.2. The van der Waals surface area contributed by atoms with Gasteiger partial charge in [-0.1, -0.05) is 12.1 Å². The highest BCUT2D eigenvalue weighted by Gasteiger charge is 2.29. The molecule has 1 aromatic carbocycles. The number of hydrogen-bond donors (Lipinski definition) is 0. The van der Waals surface area contributed by atoms with Gasteiger partial charge in [0, 0.05) is 32.5 Å². The Morgan fingerprint density at radius 2 is 1.78 bits per heavy atom. The fourth-order valence-electron chi connectivity index (χ4n) is 2.63. The fourth-order valence-corrected chi connectivity index (χ4v) is 2.63. The smallest absolute Gasteiger partial charge is 0.279 e. The van der Waals surface area contributed by atoms with Crippen LogP contribution in [-0.2, 0) is 0 Å². The van der Waals surface area contributed by atoms with Gasteiger partial charge in [-0.25, -0.2) is 15.0 Å². The van der Waals surface area contributed by atoms with Crippen LogP contribution in [0.1, 0.15) is 10.5 Å². The minimum atomic E-state index is -0.211. The van der Waals surface area contributed by atoms with Crippen molar-refractivity contribution in [1.82, 2.24) is 19.9 Å². The Bertz CT molecular complexity index is 882. The molecule has 0 atom stereocenters. The highest BCUT2D eigenvalue weighted by atomic mass is 16.2. The largest absolute Gasteiger partial charge is 0.355 e. The third kappa shape index (κ3) is 2.26. The van der Waals surface area contributed by atoms with Crippen molar-refractivity contribution >= 4 is 28.6 Å². The zero-order chi connectivity index (χ0) is 15.8. The summed E-state index contributed by atoms with van der Waals surface area (Å²) in [5, 5.41) is 0. The minimum absolute atomic E-state index is 0.211. The van der Waals surface area contributed by atoms with E-state index in [0.717, 1.165) is 11.0 Å². The molecule has 1 aliphatic rings. The van der Waals surface area contributed by atoms with Gasteiger partial charge in [0.1, 0.15) is 5.69 Å².